The predicted molar refractivity (Wildman–Crippen MR) is 78.5 cm³/mol. The summed E-state index contributed by atoms with van der Waals surface area (Å²) in [6, 6.07) is 7.87. The number of aryl methyl sites for hydroxylation is 1. The average molecular weight is 273 g/mol. The van der Waals surface area contributed by atoms with Gasteiger partial charge in [0, 0.05) is 18.2 Å². The molecule has 0 bridgehead atoms. The van der Waals surface area contributed by atoms with Gasteiger partial charge in [0.15, 0.2) is 5.82 Å². The fraction of sp³-hybridized carbons (Fsp3) is 0.333. The van der Waals surface area contributed by atoms with Crippen molar-refractivity contribution in [2.24, 2.45) is 0 Å². The number of ether oxygens (including phenoxy) is 1. The fourth-order valence-electron chi connectivity index (χ4n) is 1.63. The smallest absolute Gasteiger partial charge is 0.250 e. The van der Waals surface area contributed by atoms with Crippen LogP contribution >= 0.6 is 0 Å². The lowest BCUT2D eigenvalue weighted by molar-refractivity contribution is 0.261. The summed E-state index contributed by atoms with van der Waals surface area (Å²) in [5.74, 6) is 1.97. The quantitative estimate of drug-likeness (QED) is 0.809. The second kappa shape index (κ2) is 6.86. The molecule has 0 unspecified atom stereocenters. The summed E-state index contributed by atoms with van der Waals surface area (Å²) in [4.78, 5) is 6.21. The highest BCUT2D eigenvalue weighted by atomic mass is 16.5. The first-order valence-electron chi connectivity index (χ1n) is 6.50. The van der Waals surface area contributed by atoms with Crippen LogP contribution in [0.3, 0.4) is 0 Å². The molecule has 5 nitrogen and oxygen atoms in total. The van der Waals surface area contributed by atoms with Crippen molar-refractivity contribution in [1.29, 1.82) is 0 Å². The number of rotatable bonds is 6. The molecule has 20 heavy (non-hydrogen) atoms. The van der Waals surface area contributed by atoms with Crippen molar-refractivity contribution in [1.82, 2.24) is 15.0 Å². The van der Waals surface area contributed by atoms with Gasteiger partial charge in [0.05, 0.1) is 0 Å². The molecule has 0 saturated carbocycles. The van der Waals surface area contributed by atoms with Gasteiger partial charge in [-0.25, -0.2) is 0 Å². The zero-order chi connectivity index (χ0) is 14.4. The van der Waals surface area contributed by atoms with E-state index in [9.17, 15) is 0 Å². The molecule has 0 radical (unpaired) electrons. The summed E-state index contributed by atoms with van der Waals surface area (Å²) in [6.07, 6.45) is 3.70. The predicted octanol–water partition coefficient (Wildman–Crippen LogP) is 2.49. The molecule has 1 aromatic heterocycles. The molecule has 0 amide bonds. The van der Waals surface area contributed by atoms with E-state index in [-0.39, 0.29) is 0 Å². The van der Waals surface area contributed by atoms with Crippen molar-refractivity contribution in [2.45, 2.75) is 6.92 Å². The van der Waals surface area contributed by atoms with Gasteiger partial charge in [-0.15, -0.1) is 0 Å². The minimum Gasteiger partial charge on any atom is -0.492 e. The van der Waals surface area contributed by atoms with Crippen LogP contribution in [0.4, 0.5) is 0 Å². The maximum absolute atomic E-state index is 5.78. The van der Waals surface area contributed by atoms with Crippen LogP contribution in [0.15, 0.2) is 28.8 Å². The molecular weight excluding hydrogens is 254 g/mol. The van der Waals surface area contributed by atoms with E-state index in [0.29, 0.717) is 18.3 Å². The number of hydrogen-bond acceptors (Lipinski definition) is 5. The molecule has 2 rings (SSSR count). The number of aromatic nitrogens is 2. The second-order valence-corrected chi connectivity index (χ2v) is 4.70. The zero-order valence-corrected chi connectivity index (χ0v) is 12.0. The molecule has 1 aromatic carbocycles. The van der Waals surface area contributed by atoms with E-state index in [2.05, 4.69) is 15.0 Å². The van der Waals surface area contributed by atoms with E-state index in [4.69, 9.17) is 9.26 Å². The molecule has 0 aliphatic heterocycles. The number of nitrogens with zero attached hydrogens (tertiary/aromatic N) is 3. The maximum Gasteiger partial charge on any atom is 0.250 e. The number of para-hydroxylation sites is 1. The summed E-state index contributed by atoms with van der Waals surface area (Å²) in [6.45, 7) is 3.32. The van der Waals surface area contributed by atoms with Crippen LogP contribution in [0.2, 0.25) is 0 Å². The van der Waals surface area contributed by atoms with E-state index in [1.54, 1.807) is 13.0 Å². The Kier molecular flexibility index (Phi) is 4.90. The summed E-state index contributed by atoms with van der Waals surface area (Å²) in [7, 11) is 4.04. The molecule has 0 aliphatic rings. The molecule has 0 spiro atoms. The van der Waals surface area contributed by atoms with Crippen molar-refractivity contribution >= 4 is 12.2 Å². The normalized spacial score (nSPS) is 11.4. The Morgan fingerprint density at radius 2 is 2.05 bits per heavy atom. The van der Waals surface area contributed by atoms with Crippen molar-refractivity contribution in [2.75, 3.05) is 27.2 Å². The third kappa shape index (κ3) is 4.20. The molecule has 0 N–H and O–H groups in total. The highest BCUT2D eigenvalue weighted by Gasteiger charge is 2.02. The van der Waals surface area contributed by atoms with E-state index in [1.807, 2.05) is 44.4 Å². The van der Waals surface area contributed by atoms with E-state index < -0.39 is 0 Å². The highest BCUT2D eigenvalue weighted by Crippen LogP contribution is 2.20. The van der Waals surface area contributed by atoms with E-state index >= 15 is 0 Å². The topological polar surface area (TPSA) is 51.4 Å². The third-order valence-electron chi connectivity index (χ3n) is 2.66. The van der Waals surface area contributed by atoms with Crippen LogP contribution in [-0.4, -0.2) is 42.3 Å². The third-order valence-corrected chi connectivity index (χ3v) is 2.66. The van der Waals surface area contributed by atoms with E-state index in [1.165, 1.54) is 0 Å². The van der Waals surface area contributed by atoms with Crippen LogP contribution in [0.5, 0.6) is 5.75 Å². The van der Waals surface area contributed by atoms with Crippen LogP contribution in [0.25, 0.3) is 12.2 Å². The first-order valence-corrected chi connectivity index (χ1v) is 6.50. The molecule has 0 aliphatic carbocycles. The van der Waals surface area contributed by atoms with Crippen LogP contribution in [0, 0.1) is 6.92 Å². The lowest BCUT2D eigenvalue weighted by atomic mass is 10.2. The summed E-state index contributed by atoms with van der Waals surface area (Å²) in [5, 5.41) is 3.75. The Morgan fingerprint density at radius 3 is 2.75 bits per heavy atom. The maximum atomic E-state index is 5.78. The minimum absolute atomic E-state index is 0.491. The Morgan fingerprint density at radius 1 is 1.25 bits per heavy atom. The van der Waals surface area contributed by atoms with E-state index in [0.717, 1.165) is 17.9 Å². The molecule has 0 atom stereocenters. The van der Waals surface area contributed by atoms with Gasteiger partial charge in [-0.2, -0.15) is 4.98 Å². The van der Waals surface area contributed by atoms with Gasteiger partial charge in [-0.05, 0) is 33.2 Å². The molecule has 0 fully saturated rings. The monoisotopic (exact) mass is 273 g/mol. The Hall–Kier alpha value is -2.14. The van der Waals surface area contributed by atoms with Crippen molar-refractivity contribution in [3.8, 4) is 5.75 Å². The number of benzene rings is 1. The highest BCUT2D eigenvalue weighted by molar-refractivity contribution is 5.69. The Balaban J connectivity index is 2.05. The first kappa shape index (κ1) is 14.3. The van der Waals surface area contributed by atoms with Crippen LogP contribution < -0.4 is 4.74 Å². The summed E-state index contributed by atoms with van der Waals surface area (Å²) < 4.78 is 10.8. The Labute approximate surface area is 118 Å². The molecule has 106 valence electrons. The van der Waals surface area contributed by atoms with Crippen molar-refractivity contribution in [3.63, 3.8) is 0 Å². The second-order valence-electron chi connectivity index (χ2n) is 4.70. The summed E-state index contributed by atoms with van der Waals surface area (Å²) in [5.41, 5.74) is 0.988. The lowest BCUT2D eigenvalue weighted by Gasteiger charge is -2.12. The molecule has 0 saturated heterocycles. The largest absolute Gasteiger partial charge is 0.492 e. The number of likely N-dealkylation sites (N-methyl/N-ethyl adjacent to an activating group) is 1. The van der Waals surface area contributed by atoms with Gasteiger partial charge in [0.25, 0.3) is 5.89 Å². The van der Waals surface area contributed by atoms with Crippen LogP contribution in [-0.2, 0) is 0 Å². The van der Waals surface area contributed by atoms with Gasteiger partial charge >= 0.3 is 0 Å². The molecule has 1 heterocycles. The van der Waals surface area contributed by atoms with Gasteiger partial charge in [-0.1, -0.05) is 23.4 Å². The first-order chi connectivity index (χ1) is 9.65. The van der Waals surface area contributed by atoms with Crippen LogP contribution in [0.1, 0.15) is 17.3 Å². The molecule has 5 heteroatoms. The minimum atomic E-state index is 0.491. The standard InChI is InChI=1S/C15H19N3O2/c1-12-16-15(20-17-12)9-8-13-6-4-5-7-14(13)19-11-10-18(2)3/h4-9H,10-11H2,1-3H3. The fourth-order valence-corrected chi connectivity index (χ4v) is 1.63. The Bertz CT molecular complexity index is 576. The zero-order valence-electron chi connectivity index (χ0n) is 12.0. The van der Waals surface area contributed by atoms with Crippen molar-refractivity contribution in [3.05, 3.63) is 41.5 Å². The van der Waals surface area contributed by atoms with Crippen molar-refractivity contribution < 1.29 is 9.26 Å². The van der Waals surface area contributed by atoms with Gasteiger partial charge in [0.2, 0.25) is 0 Å². The van der Waals surface area contributed by atoms with Gasteiger partial charge in [0.1, 0.15) is 12.4 Å². The molecule has 2 aromatic rings. The average Bonchev–Trinajstić information content (AvgIpc) is 2.83. The SMILES string of the molecule is Cc1noc(C=Cc2ccccc2OCCN(C)C)n1. The summed E-state index contributed by atoms with van der Waals surface area (Å²) >= 11 is 0. The van der Waals surface area contributed by atoms with Gasteiger partial charge < -0.3 is 14.2 Å². The molecular formula is C15H19N3O2. The lowest BCUT2D eigenvalue weighted by Crippen LogP contribution is -2.19. The van der Waals surface area contributed by atoms with Gasteiger partial charge in [-0.3, -0.25) is 0 Å². The number of hydrogen-bond donors (Lipinski definition) is 0.